The minimum absolute atomic E-state index is 0.0984. The van der Waals surface area contributed by atoms with Gasteiger partial charge in [0.05, 0.1) is 6.61 Å². The quantitative estimate of drug-likeness (QED) is 0.242. The van der Waals surface area contributed by atoms with Gasteiger partial charge < -0.3 is 9.47 Å². The smallest absolute Gasteiger partial charge is 0.490 e. The Labute approximate surface area is 183 Å². The molecule has 3 rings (SSSR count). The second-order valence-electron chi connectivity index (χ2n) is 7.30. The first-order valence-corrected chi connectivity index (χ1v) is 10.4. The van der Waals surface area contributed by atoms with Crippen LogP contribution >= 0.6 is 0 Å². The lowest BCUT2D eigenvalue weighted by atomic mass is 9.99. The molecular weight excluding hydrogens is 427 g/mol. The third-order valence-corrected chi connectivity index (χ3v) is 4.92. The number of halogens is 5. The monoisotopic (exact) mass is 450 g/mol. The van der Waals surface area contributed by atoms with Gasteiger partial charge in [-0.15, -0.1) is 13.2 Å². The van der Waals surface area contributed by atoms with E-state index in [-0.39, 0.29) is 17.1 Å². The summed E-state index contributed by atoms with van der Waals surface area (Å²) in [6.45, 7) is 2.42. The van der Waals surface area contributed by atoms with Crippen molar-refractivity contribution < 1.29 is 31.4 Å². The van der Waals surface area contributed by atoms with Gasteiger partial charge >= 0.3 is 6.36 Å². The van der Waals surface area contributed by atoms with Crippen LogP contribution in [0.25, 0.3) is 22.3 Å². The SMILES string of the molecule is CCCCCCOc1ccc(-c2ccc(-c3ccc(OC(F)(F)F)cc3)cc2)c(F)c1F. The van der Waals surface area contributed by atoms with Gasteiger partial charge in [0.25, 0.3) is 0 Å². The molecule has 0 radical (unpaired) electrons. The van der Waals surface area contributed by atoms with Crippen molar-refractivity contribution in [1.82, 2.24) is 0 Å². The maximum Gasteiger partial charge on any atom is 0.573 e. The molecule has 0 heterocycles. The van der Waals surface area contributed by atoms with Crippen LogP contribution in [0, 0.1) is 11.6 Å². The number of benzene rings is 3. The summed E-state index contributed by atoms with van der Waals surface area (Å²) in [6, 6.07) is 14.9. The summed E-state index contributed by atoms with van der Waals surface area (Å²) in [5.41, 5.74) is 1.93. The van der Waals surface area contributed by atoms with E-state index in [0.29, 0.717) is 23.3 Å². The molecule has 32 heavy (non-hydrogen) atoms. The topological polar surface area (TPSA) is 18.5 Å². The molecule has 0 amide bonds. The van der Waals surface area contributed by atoms with Gasteiger partial charge in [0.1, 0.15) is 5.75 Å². The third kappa shape index (κ3) is 6.22. The van der Waals surface area contributed by atoms with E-state index < -0.39 is 18.0 Å². The lowest BCUT2D eigenvalue weighted by Gasteiger charge is -2.11. The molecule has 0 aliphatic rings. The van der Waals surface area contributed by atoms with Crippen LogP contribution in [0.1, 0.15) is 32.6 Å². The largest absolute Gasteiger partial charge is 0.573 e. The first-order valence-electron chi connectivity index (χ1n) is 10.4. The highest BCUT2D eigenvalue weighted by Gasteiger charge is 2.30. The first-order chi connectivity index (χ1) is 15.3. The molecule has 0 aliphatic heterocycles. The Morgan fingerprint density at radius 3 is 1.88 bits per heavy atom. The molecule has 0 N–H and O–H groups in total. The van der Waals surface area contributed by atoms with E-state index >= 15 is 0 Å². The zero-order valence-electron chi connectivity index (χ0n) is 17.5. The Morgan fingerprint density at radius 2 is 1.28 bits per heavy atom. The van der Waals surface area contributed by atoms with Gasteiger partial charge in [-0.05, 0) is 47.4 Å². The summed E-state index contributed by atoms with van der Waals surface area (Å²) in [6.07, 6.45) is -0.850. The fourth-order valence-corrected chi connectivity index (χ4v) is 3.27. The van der Waals surface area contributed by atoms with Crippen molar-refractivity contribution in [2.24, 2.45) is 0 Å². The van der Waals surface area contributed by atoms with E-state index in [1.165, 1.54) is 36.4 Å². The van der Waals surface area contributed by atoms with Gasteiger partial charge in [-0.25, -0.2) is 4.39 Å². The lowest BCUT2D eigenvalue weighted by Crippen LogP contribution is -2.16. The molecule has 7 heteroatoms. The highest BCUT2D eigenvalue weighted by molar-refractivity contribution is 5.71. The van der Waals surface area contributed by atoms with Gasteiger partial charge in [-0.2, -0.15) is 4.39 Å². The molecule has 0 unspecified atom stereocenters. The minimum Gasteiger partial charge on any atom is -0.490 e. The van der Waals surface area contributed by atoms with E-state index in [1.54, 1.807) is 24.3 Å². The van der Waals surface area contributed by atoms with Crippen LogP contribution in [0.2, 0.25) is 0 Å². The van der Waals surface area contributed by atoms with Crippen LogP contribution in [0.3, 0.4) is 0 Å². The molecule has 0 aromatic heterocycles. The zero-order valence-corrected chi connectivity index (χ0v) is 17.5. The van der Waals surface area contributed by atoms with Crippen molar-refractivity contribution in [3.63, 3.8) is 0 Å². The lowest BCUT2D eigenvalue weighted by molar-refractivity contribution is -0.274. The first kappa shape index (κ1) is 23.6. The van der Waals surface area contributed by atoms with E-state index in [9.17, 15) is 22.0 Å². The Hall–Kier alpha value is -3.09. The van der Waals surface area contributed by atoms with Gasteiger partial charge in [0.2, 0.25) is 5.82 Å². The second-order valence-corrected chi connectivity index (χ2v) is 7.30. The Balaban J connectivity index is 1.71. The van der Waals surface area contributed by atoms with Crippen LogP contribution in [-0.4, -0.2) is 13.0 Å². The predicted molar refractivity (Wildman–Crippen MR) is 114 cm³/mol. The van der Waals surface area contributed by atoms with Crippen molar-refractivity contribution in [1.29, 1.82) is 0 Å². The van der Waals surface area contributed by atoms with Gasteiger partial charge in [-0.1, -0.05) is 62.6 Å². The van der Waals surface area contributed by atoms with Crippen LogP contribution in [0.4, 0.5) is 22.0 Å². The summed E-state index contributed by atoms with van der Waals surface area (Å²) < 4.78 is 75.1. The summed E-state index contributed by atoms with van der Waals surface area (Å²) in [7, 11) is 0. The number of alkyl halides is 3. The molecule has 170 valence electrons. The molecule has 2 nitrogen and oxygen atoms in total. The number of hydrogen-bond donors (Lipinski definition) is 0. The van der Waals surface area contributed by atoms with Crippen LogP contribution in [0.15, 0.2) is 60.7 Å². The normalized spacial score (nSPS) is 11.4. The zero-order chi connectivity index (χ0) is 23.1. The van der Waals surface area contributed by atoms with Crippen molar-refractivity contribution in [3.8, 4) is 33.8 Å². The van der Waals surface area contributed by atoms with Crippen LogP contribution in [0.5, 0.6) is 11.5 Å². The maximum absolute atomic E-state index is 14.6. The Bertz CT molecular complexity index is 1010. The number of ether oxygens (including phenoxy) is 2. The van der Waals surface area contributed by atoms with E-state index in [2.05, 4.69) is 11.7 Å². The summed E-state index contributed by atoms with van der Waals surface area (Å²) in [5, 5.41) is 0. The van der Waals surface area contributed by atoms with Crippen molar-refractivity contribution in [3.05, 3.63) is 72.3 Å². The predicted octanol–water partition coefficient (Wildman–Crippen LogP) is 8.16. The summed E-state index contributed by atoms with van der Waals surface area (Å²) in [5.74, 6) is -2.44. The maximum atomic E-state index is 14.6. The van der Waals surface area contributed by atoms with E-state index in [1.807, 2.05) is 0 Å². The number of hydrogen-bond acceptors (Lipinski definition) is 2. The van der Waals surface area contributed by atoms with Crippen molar-refractivity contribution >= 4 is 0 Å². The average Bonchev–Trinajstić information content (AvgIpc) is 2.76. The third-order valence-electron chi connectivity index (χ3n) is 4.92. The fraction of sp³-hybridized carbons (Fsp3) is 0.280. The highest BCUT2D eigenvalue weighted by Crippen LogP contribution is 2.32. The molecule has 3 aromatic carbocycles. The molecule has 0 bridgehead atoms. The molecular formula is C25H23F5O2. The van der Waals surface area contributed by atoms with E-state index in [4.69, 9.17) is 4.74 Å². The summed E-state index contributed by atoms with van der Waals surface area (Å²) in [4.78, 5) is 0. The van der Waals surface area contributed by atoms with E-state index in [0.717, 1.165) is 25.7 Å². The Kier molecular flexibility index (Phi) is 7.72. The highest BCUT2D eigenvalue weighted by atomic mass is 19.4. The molecule has 0 spiro atoms. The molecule has 0 saturated carbocycles. The molecule has 0 atom stereocenters. The number of rotatable bonds is 9. The van der Waals surface area contributed by atoms with Crippen LogP contribution < -0.4 is 9.47 Å². The van der Waals surface area contributed by atoms with Gasteiger partial charge in [0, 0.05) is 5.56 Å². The summed E-state index contributed by atoms with van der Waals surface area (Å²) >= 11 is 0. The fourth-order valence-electron chi connectivity index (χ4n) is 3.27. The Morgan fingerprint density at radius 1 is 0.688 bits per heavy atom. The number of unbranched alkanes of at least 4 members (excludes halogenated alkanes) is 3. The molecule has 0 aliphatic carbocycles. The standard InChI is InChI=1S/C25H23F5O2/c1-2-3-4-5-16-31-22-15-14-21(23(26)24(22)27)19-8-6-17(7-9-19)18-10-12-20(13-11-18)32-25(28,29)30/h6-15H,2-5,16H2,1H3. The van der Waals surface area contributed by atoms with Crippen molar-refractivity contribution in [2.45, 2.75) is 39.0 Å². The van der Waals surface area contributed by atoms with Crippen molar-refractivity contribution in [2.75, 3.05) is 6.61 Å². The van der Waals surface area contributed by atoms with Gasteiger partial charge in [0.15, 0.2) is 11.6 Å². The molecule has 0 fully saturated rings. The van der Waals surface area contributed by atoms with Gasteiger partial charge in [-0.3, -0.25) is 0 Å². The average molecular weight is 450 g/mol. The van der Waals surface area contributed by atoms with Crippen LogP contribution in [-0.2, 0) is 0 Å². The second kappa shape index (κ2) is 10.5. The molecule has 0 saturated heterocycles. The molecule has 3 aromatic rings. The minimum atomic E-state index is -4.75.